The molecular weight excluding hydrogens is 319 g/mol. The van der Waals surface area contributed by atoms with E-state index in [0.717, 1.165) is 18.9 Å². The molecule has 0 N–H and O–H groups in total. The van der Waals surface area contributed by atoms with Crippen molar-refractivity contribution in [3.63, 3.8) is 0 Å². The second-order valence-electron chi connectivity index (χ2n) is 6.81. The monoisotopic (exact) mass is 341 g/mol. The molecule has 0 spiro atoms. The van der Waals surface area contributed by atoms with Crippen LogP contribution in [-0.4, -0.2) is 16.3 Å². The van der Waals surface area contributed by atoms with Crippen molar-refractivity contribution in [2.24, 2.45) is 0 Å². The van der Waals surface area contributed by atoms with Gasteiger partial charge in [0.1, 0.15) is 5.60 Å². The highest BCUT2D eigenvalue weighted by Crippen LogP contribution is 2.37. The summed E-state index contributed by atoms with van der Waals surface area (Å²) in [5.41, 5.74) is -0.692. The second-order valence-corrected chi connectivity index (χ2v) is 6.81. The fourth-order valence-corrected chi connectivity index (χ4v) is 2.62. The largest absolute Gasteiger partial charge is 0.443 e. The maximum Gasteiger partial charge on any atom is 0.419 e. The van der Waals surface area contributed by atoms with Crippen molar-refractivity contribution in [3.05, 3.63) is 35.5 Å². The molecule has 0 amide bonds. The lowest BCUT2D eigenvalue weighted by molar-refractivity contribution is -0.136. The van der Waals surface area contributed by atoms with Crippen LogP contribution in [0.5, 0.6) is 0 Å². The lowest BCUT2D eigenvalue weighted by Gasteiger charge is -2.19. The van der Waals surface area contributed by atoms with E-state index in [4.69, 9.17) is 4.74 Å². The molecule has 0 saturated heterocycles. The highest BCUT2D eigenvalue weighted by Gasteiger charge is 2.34. The minimum Gasteiger partial charge on any atom is -0.443 e. The van der Waals surface area contributed by atoms with Gasteiger partial charge in [0.25, 0.3) is 0 Å². The lowest BCUT2D eigenvalue weighted by Crippen LogP contribution is -2.26. The van der Waals surface area contributed by atoms with Crippen LogP contribution in [0, 0.1) is 0 Å². The minimum absolute atomic E-state index is 0.0873. The van der Waals surface area contributed by atoms with Gasteiger partial charge in [-0.25, -0.2) is 4.79 Å². The summed E-state index contributed by atoms with van der Waals surface area (Å²) in [5, 5.41) is 0.0873. The molecule has 6 heteroatoms. The van der Waals surface area contributed by atoms with Gasteiger partial charge in [0, 0.05) is 11.6 Å². The molecule has 1 aromatic heterocycles. The van der Waals surface area contributed by atoms with Crippen LogP contribution >= 0.6 is 0 Å². The van der Waals surface area contributed by atoms with E-state index in [-0.39, 0.29) is 10.9 Å². The van der Waals surface area contributed by atoms with Crippen LogP contribution < -0.4 is 0 Å². The second kappa shape index (κ2) is 6.49. The Morgan fingerprint density at radius 2 is 1.88 bits per heavy atom. The number of rotatable bonds is 3. The van der Waals surface area contributed by atoms with E-state index in [1.807, 2.05) is 6.92 Å². The quantitative estimate of drug-likeness (QED) is 0.708. The van der Waals surface area contributed by atoms with Gasteiger partial charge in [-0.3, -0.25) is 4.57 Å². The molecule has 24 heavy (non-hydrogen) atoms. The molecule has 2 aromatic rings. The number of hydrogen-bond acceptors (Lipinski definition) is 2. The molecule has 0 unspecified atom stereocenters. The average Bonchev–Trinajstić information content (AvgIpc) is 2.81. The van der Waals surface area contributed by atoms with Gasteiger partial charge in [-0.15, -0.1) is 0 Å². The van der Waals surface area contributed by atoms with E-state index in [0.29, 0.717) is 12.0 Å². The van der Waals surface area contributed by atoms with E-state index in [9.17, 15) is 18.0 Å². The van der Waals surface area contributed by atoms with E-state index < -0.39 is 23.4 Å². The number of ether oxygens (including phenoxy) is 1. The van der Waals surface area contributed by atoms with Gasteiger partial charge in [-0.1, -0.05) is 19.4 Å². The molecule has 0 atom stereocenters. The number of nitrogens with zero attached hydrogens (tertiary/aromatic N) is 1. The predicted octanol–water partition coefficient (Wildman–Crippen LogP) is 5.79. The first-order valence-corrected chi connectivity index (χ1v) is 7.98. The number of alkyl halides is 3. The minimum atomic E-state index is -4.47. The van der Waals surface area contributed by atoms with Crippen LogP contribution in [0.2, 0.25) is 0 Å². The lowest BCUT2D eigenvalue weighted by atomic mass is 10.0. The summed E-state index contributed by atoms with van der Waals surface area (Å²) in [6.45, 7) is 7.12. The first-order valence-electron chi connectivity index (χ1n) is 7.98. The van der Waals surface area contributed by atoms with Crippen molar-refractivity contribution >= 4 is 17.0 Å². The van der Waals surface area contributed by atoms with Gasteiger partial charge in [-0.2, -0.15) is 13.2 Å². The van der Waals surface area contributed by atoms with Crippen molar-refractivity contribution in [2.45, 2.75) is 58.7 Å². The first-order chi connectivity index (χ1) is 11.0. The number of fused-ring (bicyclic) bond motifs is 1. The Morgan fingerprint density at radius 1 is 1.21 bits per heavy atom. The van der Waals surface area contributed by atoms with Crippen LogP contribution in [0.3, 0.4) is 0 Å². The molecule has 0 fully saturated rings. The number of hydrogen-bond donors (Lipinski definition) is 0. The molecule has 0 aliphatic heterocycles. The fraction of sp³-hybridized carbons (Fsp3) is 0.500. The molecule has 0 aliphatic rings. The zero-order valence-corrected chi connectivity index (χ0v) is 14.3. The van der Waals surface area contributed by atoms with Crippen LogP contribution in [0.1, 0.15) is 51.7 Å². The van der Waals surface area contributed by atoms with Crippen molar-refractivity contribution in [3.8, 4) is 0 Å². The number of unbranched alkanes of at least 4 members (excludes halogenated alkanes) is 1. The number of aromatic nitrogens is 1. The molecule has 132 valence electrons. The summed E-state index contributed by atoms with van der Waals surface area (Å²) in [6.07, 6.45) is -1.58. The van der Waals surface area contributed by atoms with Gasteiger partial charge < -0.3 is 4.74 Å². The number of carbonyl (C=O) groups is 1. The molecule has 0 bridgehead atoms. The Hall–Kier alpha value is -1.98. The van der Waals surface area contributed by atoms with Crippen LogP contribution in [0.4, 0.5) is 18.0 Å². The summed E-state index contributed by atoms with van der Waals surface area (Å²) < 4.78 is 46.6. The summed E-state index contributed by atoms with van der Waals surface area (Å²) in [7, 11) is 0. The summed E-state index contributed by atoms with van der Waals surface area (Å²) in [5.74, 6) is 0. The molecule has 2 rings (SSSR count). The molecule has 0 radical (unpaired) electrons. The average molecular weight is 341 g/mol. The summed E-state index contributed by atoms with van der Waals surface area (Å²) in [6, 6.07) is 3.89. The first kappa shape index (κ1) is 18.4. The molecule has 1 aromatic carbocycles. The number of carbonyl (C=O) groups excluding carboxylic acids is 1. The maximum atomic E-state index is 13.4. The molecular formula is C18H22F3NO2. The molecule has 0 saturated carbocycles. The van der Waals surface area contributed by atoms with Gasteiger partial charge in [0.15, 0.2) is 0 Å². The molecule has 3 nitrogen and oxygen atoms in total. The summed E-state index contributed by atoms with van der Waals surface area (Å²) >= 11 is 0. The summed E-state index contributed by atoms with van der Waals surface area (Å²) in [4.78, 5) is 12.4. The zero-order valence-electron chi connectivity index (χ0n) is 14.3. The van der Waals surface area contributed by atoms with Gasteiger partial charge in [0.05, 0.1) is 11.1 Å². The smallest absolute Gasteiger partial charge is 0.419 e. The van der Waals surface area contributed by atoms with Gasteiger partial charge in [-0.05, 0) is 51.3 Å². The normalized spacial score (nSPS) is 12.6. The Bertz CT molecular complexity index is 739. The fourth-order valence-electron chi connectivity index (χ4n) is 2.62. The Morgan fingerprint density at radius 3 is 2.42 bits per heavy atom. The highest BCUT2D eigenvalue weighted by atomic mass is 19.4. The number of aryl methyl sites for hydroxylation is 1. The third kappa shape index (κ3) is 3.91. The van der Waals surface area contributed by atoms with E-state index in [2.05, 4.69) is 0 Å². The molecule has 1 heterocycles. The number of halogens is 3. The maximum absolute atomic E-state index is 13.4. The van der Waals surface area contributed by atoms with Crippen LogP contribution in [0.15, 0.2) is 24.4 Å². The SMILES string of the molecule is CCCCc1cn(C(=O)OC(C)(C)C)c2cccc(C(F)(F)F)c12. The van der Waals surface area contributed by atoms with Crippen molar-refractivity contribution in [1.29, 1.82) is 0 Å². The Kier molecular flexibility index (Phi) is 4.97. The van der Waals surface area contributed by atoms with Crippen LogP contribution in [0.25, 0.3) is 10.9 Å². The zero-order chi connectivity index (χ0) is 18.1. The van der Waals surface area contributed by atoms with Crippen LogP contribution in [-0.2, 0) is 17.3 Å². The van der Waals surface area contributed by atoms with E-state index in [1.54, 1.807) is 20.8 Å². The van der Waals surface area contributed by atoms with E-state index in [1.165, 1.54) is 22.9 Å². The highest BCUT2D eigenvalue weighted by molar-refractivity contribution is 5.94. The standard InChI is InChI=1S/C18H22F3NO2/c1-5-6-8-12-11-22(16(23)24-17(2,3)4)14-10-7-9-13(15(12)14)18(19,20)21/h7,9-11H,5-6,8H2,1-4H3. The van der Waals surface area contributed by atoms with Crippen molar-refractivity contribution in [2.75, 3.05) is 0 Å². The van der Waals surface area contributed by atoms with Gasteiger partial charge in [0.2, 0.25) is 0 Å². The predicted molar refractivity (Wildman–Crippen MR) is 87.2 cm³/mol. The number of benzene rings is 1. The molecule has 0 aliphatic carbocycles. The van der Waals surface area contributed by atoms with Crippen molar-refractivity contribution in [1.82, 2.24) is 4.57 Å². The third-order valence-electron chi connectivity index (χ3n) is 3.60. The van der Waals surface area contributed by atoms with Crippen molar-refractivity contribution < 1.29 is 22.7 Å². The van der Waals surface area contributed by atoms with E-state index >= 15 is 0 Å². The van der Waals surface area contributed by atoms with Gasteiger partial charge >= 0.3 is 12.3 Å². The Labute approximate surface area is 139 Å². The third-order valence-corrected chi connectivity index (χ3v) is 3.60. The topological polar surface area (TPSA) is 31.2 Å². The Balaban J connectivity index is 2.64.